The van der Waals surface area contributed by atoms with Gasteiger partial charge in [0.15, 0.2) is 11.8 Å². The summed E-state index contributed by atoms with van der Waals surface area (Å²) in [6.07, 6.45) is 1.66. The molecule has 4 rings (SSSR count). The highest BCUT2D eigenvalue weighted by Gasteiger charge is 2.31. The lowest BCUT2D eigenvalue weighted by Crippen LogP contribution is -3.15. The first-order valence-electron chi connectivity index (χ1n) is 10.4. The third kappa shape index (κ3) is 5.06. The standard InChI is InChI=1S/C24H26FN3O3/c1-30-21-10-8-20(9-11-21)27-12-14-28(15-13-27)22(23-3-2-16-31-23)17-26-24(29)18-4-6-19(25)7-5-18/h2-11,16,22H,12-15,17H2,1H3,(H,26,29)/p+1/t22-/m0/s1. The van der Waals surface area contributed by atoms with E-state index in [-0.39, 0.29) is 17.8 Å². The van der Waals surface area contributed by atoms with E-state index in [0.717, 1.165) is 37.7 Å². The summed E-state index contributed by atoms with van der Waals surface area (Å²) in [5.41, 5.74) is 1.62. The van der Waals surface area contributed by atoms with Crippen LogP contribution < -0.4 is 19.9 Å². The minimum absolute atomic E-state index is 0.0115. The highest BCUT2D eigenvalue weighted by atomic mass is 19.1. The summed E-state index contributed by atoms with van der Waals surface area (Å²) < 4.78 is 24.1. The van der Waals surface area contributed by atoms with Crippen molar-refractivity contribution < 1.29 is 23.2 Å². The Morgan fingerprint density at radius 1 is 1.13 bits per heavy atom. The van der Waals surface area contributed by atoms with Crippen molar-refractivity contribution in [1.29, 1.82) is 0 Å². The van der Waals surface area contributed by atoms with Gasteiger partial charge in [-0.1, -0.05) is 0 Å². The van der Waals surface area contributed by atoms with Crippen molar-refractivity contribution in [3.8, 4) is 5.75 Å². The molecule has 3 aromatic rings. The molecule has 0 radical (unpaired) electrons. The second-order valence-corrected chi connectivity index (χ2v) is 7.63. The Balaban J connectivity index is 1.39. The number of hydrogen-bond donors (Lipinski definition) is 2. The monoisotopic (exact) mass is 424 g/mol. The number of halogens is 1. The maximum atomic E-state index is 13.1. The molecule has 1 fully saturated rings. The third-order valence-corrected chi connectivity index (χ3v) is 5.80. The Morgan fingerprint density at radius 2 is 1.84 bits per heavy atom. The Labute approximate surface area is 181 Å². The van der Waals surface area contributed by atoms with Crippen molar-refractivity contribution in [3.05, 3.63) is 84.1 Å². The van der Waals surface area contributed by atoms with Crippen LogP contribution >= 0.6 is 0 Å². The maximum Gasteiger partial charge on any atom is 0.251 e. The molecule has 2 heterocycles. The van der Waals surface area contributed by atoms with Crippen LogP contribution in [0.15, 0.2) is 71.3 Å². The SMILES string of the molecule is COc1ccc(N2CC[NH+]([C@@H](CNC(=O)c3ccc(F)cc3)c3ccco3)CC2)cc1. The highest BCUT2D eigenvalue weighted by Crippen LogP contribution is 2.19. The molecule has 31 heavy (non-hydrogen) atoms. The van der Waals surface area contributed by atoms with Gasteiger partial charge in [0, 0.05) is 11.3 Å². The van der Waals surface area contributed by atoms with Crippen LogP contribution in [0.4, 0.5) is 10.1 Å². The fourth-order valence-electron chi connectivity index (χ4n) is 4.03. The number of rotatable bonds is 7. The van der Waals surface area contributed by atoms with E-state index >= 15 is 0 Å². The Bertz CT molecular complexity index is 966. The van der Waals surface area contributed by atoms with E-state index < -0.39 is 0 Å². The summed E-state index contributed by atoms with van der Waals surface area (Å²) in [6, 6.07) is 17.5. The van der Waals surface area contributed by atoms with Crippen molar-refractivity contribution in [2.75, 3.05) is 44.7 Å². The number of amides is 1. The zero-order valence-electron chi connectivity index (χ0n) is 17.5. The van der Waals surface area contributed by atoms with Crippen molar-refractivity contribution in [2.24, 2.45) is 0 Å². The largest absolute Gasteiger partial charge is 0.497 e. The number of piperazine rings is 1. The molecule has 1 aromatic heterocycles. The van der Waals surface area contributed by atoms with E-state index in [9.17, 15) is 9.18 Å². The zero-order chi connectivity index (χ0) is 21.6. The van der Waals surface area contributed by atoms with Gasteiger partial charge in [-0.25, -0.2) is 4.39 Å². The number of carbonyl (C=O) groups is 1. The van der Waals surface area contributed by atoms with Gasteiger partial charge in [0.05, 0.1) is 46.1 Å². The lowest BCUT2D eigenvalue weighted by atomic mass is 10.1. The number of quaternary nitrogens is 1. The molecular weight excluding hydrogens is 397 g/mol. The molecule has 0 aliphatic carbocycles. The molecule has 162 valence electrons. The molecule has 2 aromatic carbocycles. The molecule has 1 aliphatic heterocycles. The molecule has 0 saturated carbocycles. The summed E-state index contributed by atoms with van der Waals surface area (Å²) in [5, 5.41) is 2.99. The van der Waals surface area contributed by atoms with Crippen molar-refractivity contribution >= 4 is 11.6 Å². The van der Waals surface area contributed by atoms with Gasteiger partial charge in [0.25, 0.3) is 5.91 Å². The Morgan fingerprint density at radius 3 is 2.45 bits per heavy atom. The predicted molar refractivity (Wildman–Crippen MR) is 116 cm³/mol. The topological polar surface area (TPSA) is 59.1 Å². The van der Waals surface area contributed by atoms with Gasteiger partial charge in [0.1, 0.15) is 11.6 Å². The minimum atomic E-state index is -0.357. The molecule has 6 nitrogen and oxygen atoms in total. The third-order valence-electron chi connectivity index (χ3n) is 5.80. The number of carbonyl (C=O) groups excluding carboxylic acids is 1. The summed E-state index contributed by atoms with van der Waals surface area (Å²) >= 11 is 0. The number of nitrogens with zero attached hydrogens (tertiary/aromatic N) is 1. The molecule has 1 amide bonds. The van der Waals surface area contributed by atoms with Crippen LogP contribution in [0.5, 0.6) is 5.75 Å². The van der Waals surface area contributed by atoms with Crippen LogP contribution in [-0.2, 0) is 0 Å². The minimum Gasteiger partial charge on any atom is -0.497 e. The molecule has 7 heteroatoms. The molecule has 0 spiro atoms. The number of ether oxygens (including phenoxy) is 1. The van der Waals surface area contributed by atoms with Crippen LogP contribution in [-0.4, -0.2) is 45.7 Å². The van der Waals surface area contributed by atoms with Gasteiger partial charge in [-0.15, -0.1) is 0 Å². The first-order valence-corrected chi connectivity index (χ1v) is 10.4. The first-order chi connectivity index (χ1) is 15.1. The number of methoxy groups -OCH3 is 1. The van der Waals surface area contributed by atoms with Gasteiger partial charge in [-0.05, 0) is 60.7 Å². The van der Waals surface area contributed by atoms with Crippen molar-refractivity contribution in [1.82, 2.24) is 5.32 Å². The average Bonchev–Trinajstić information content (AvgIpc) is 3.35. The number of nitrogens with one attached hydrogen (secondary N) is 2. The number of benzene rings is 2. The summed E-state index contributed by atoms with van der Waals surface area (Å²) in [4.78, 5) is 16.2. The second kappa shape index (κ2) is 9.66. The first kappa shape index (κ1) is 20.9. The van der Waals surface area contributed by atoms with Crippen molar-refractivity contribution in [2.45, 2.75) is 6.04 Å². The quantitative estimate of drug-likeness (QED) is 0.611. The van der Waals surface area contributed by atoms with E-state index in [1.54, 1.807) is 13.4 Å². The lowest BCUT2D eigenvalue weighted by molar-refractivity contribution is -0.932. The summed E-state index contributed by atoms with van der Waals surface area (Å²) in [5.74, 6) is 1.13. The maximum absolute atomic E-state index is 13.1. The van der Waals surface area contributed by atoms with Gasteiger partial charge < -0.3 is 24.3 Å². The molecule has 1 saturated heterocycles. The zero-order valence-corrected chi connectivity index (χ0v) is 17.5. The molecule has 0 bridgehead atoms. The summed E-state index contributed by atoms with van der Waals surface area (Å²) in [6.45, 7) is 4.10. The molecule has 2 N–H and O–H groups in total. The normalized spacial score (nSPS) is 15.5. The number of anilines is 1. The van der Waals surface area contributed by atoms with E-state index in [1.165, 1.54) is 34.9 Å². The van der Waals surface area contributed by atoms with Crippen LogP contribution in [0.25, 0.3) is 0 Å². The fraction of sp³-hybridized carbons (Fsp3) is 0.292. The number of hydrogen-bond acceptors (Lipinski definition) is 4. The van der Waals surface area contributed by atoms with Gasteiger partial charge >= 0.3 is 0 Å². The van der Waals surface area contributed by atoms with E-state index in [0.29, 0.717) is 12.1 Å². The van der Waals surface area contributed by atoms with Crippen LogP contribution in [0.2, 0.25) is 0 Å². The second-order valence-electron chi connectivity index (χ2n) is 7.63. The smallest absolute Gasteiger partial charge is 0.251 e. The van der Waals surface area contributed by atoms with Crippen LogP contribution in [0.3, 0.4) is 0 Å². The fourth-order valence-corrected chi connectivity index (χ4v) is 4.03. The predicted octanol–water partition coefficient (Wildman–Crippen LogP) is 2.30. The van der Waals surface area contributed by atoms with Gasteiger partial charge in [-0.3, -0.25) is 4.79 Å². The molecular formula is C24H27FN3O3+. The van der Waals surface area contributed by atoms with E-state index in [2.05, 4.69) is 22.3 Å². The Hall–Kier alpha value is -3.32. The highest BCUT2D eigenvalue weighted by molar-refractivity contribution is 5.94. The van der Waals surface area contributed by atoms with E-state index in [4.69, 9.17) is 9.15 Å². The van der Waals surface area contributed by atoms with Crippen molar-refractivity contribution in [3.63, 3.8) is 0 Å². The lowest BCUT2D eigenvalue weighted by Gasteiger charge is -2.37. The van der Waals surface area contributed by atoms with Gasteiger partial charge in [-0.2, -0.15) is 0 Å². The molecule has 1 aliphatic rings. The molecule has 1 atom stereocenters. The van der Waals surface area contributed by atoms with Crippen LogP contribution in [0.1, 0.15) is 22.2 Å². The van der Waals surface area contributed by atoms with Crippen LogP contribution in [0, 0.1) is 5.82 Å². The average molecular weight is 424 g/mol. The van der Waals surface area contributed by atoms with E-state index in [1.807, 2.05) is 24.3 Å². The Kier molecular flexibility index (Phi) is 6.52. The van der Waals surface area contributed by atoms with Gasteiger partial charge in [0.2, 0.25) is 0 Å². The summed E-state index contributed by atoms with van der Waals surface area (Å²) in [7, 11) is 1.67. The number of furan rings is 1. The molecule has 0 unspecified atom stereocenters.